The molecule has 2 aliphatic heterocycles. The molecule has 2 saturated heterocycles. The molecule has 0 N–H and O–H groups in total. The summed E-state index contributed by atoms with van der Waals surface area (Å²) in [5.74, 6) is 0. The van der Waals surface area contributed by atoms with Crippen LogP contribution in [0.2, 0.25) is 0 Å². The number of hydrogen-bond donors (Lipinski definition) is 0. The zero-order chi connectivity index (χ0) is 28.3. The van der Waals surface area contributed by atoms with E-state index in [0.29, 0.717) is 0 Å². The Balaban J connectivity index is 1.37. The van der Waals surface area contributed by atoms with E-state index in [9.17, 15) is 0 Å². The predicted molar refractivity (Wildman–Crippen MR) is 160 cm³/mol. The Morgan fingerprint density at radius 1 is 0.474 bits per heavy atom. The molecular weight excluding hydrogens is 470 g/mol. The molecule has 2 aliphatic rings. The molecule has 2 aromatic carbocycles. The first-order valence-electron chi connectivity index (χ1n) is 14.4. The van der Waals surface area contributed by atoms with Gasteiger partial charge in [-0.15, -0.1) is 0 Å². The van der Waals surface area contributed by atoms with Gasteiger partial charge in [0.05, 0.1) is 22.4 Å². The molecule has 0 amide bonds. The van der Waals surface area contributed by atoms with E-state index < -0.39 is 0 Å². The summed E-state index contributed by atoms with van der Waals surface area (Å²) in [4.78, 5) is 0. The van der Waals surface area contributed by atoms with E-state index in [0.717, 1.165) is 36.6 Å². The van der Waals surface area contributed by atoms with Gasteiger partial charge in [-0.25, -0.2) is 0 Å². The summed E-state index contributed by atoms with van der Waals surface area (Å²) in [6, 6.07) is 9.22. The molecule has 206 valence electrons. The van der Waals surface area contributed by atoms with Gasteiger partial charge in [-0.05, 0) is 142 Å². The maximum atomic E-state index is 6.32. The molecule has 2 aromatic rings. The predicted octanol–water partition coefficient (Wildman–Crippen LogP) is 6.08. The fourth-order valence-corrected chi connectivity index (χ4v) is 5.41. The summed E-state index contributed by atoms with van der Waals surface area (Å²) in [7, 11) is -0.613. The first kappa shape index (κ1) is 29.4. The highest BCUT2D eigenvalue weighted by molar-refractivity contribution is 6.63. The van der Waals surface area contributed by atoms with Crippen LogP contribution in [0.15, 0.2) is 24.3 Å². The van der Waals surface area contributed by atoms with Gasteiger partial charge in [-0.1, -0.05) is 35.4 Å². The standard InChI is InChI=1S/C32H48B2O4/c1-21-19-27(33-35-29(5,6)30(7,8)36-33)23(3)17-25(21)15-13-14-16-26-18-24(4)28(20-22(26)2)34-37-31(9,10)32(11,12)38-34/h17-20H,13-16H2,1-12H3. The van der Waals surface area contributed by atoms with Crippen LogP contribution in [0, 0.1) is 27.7 Å². The molecule has 0 atom stereocenters. The fraction of sp³-hybridized carbons (Fsp3) is 0.625. The van der Waals surface area contributed by atoms with Crippen LogP contribution in [0.4, 0.5) is 0 Å². The molecule has 0 saturated carbocycles. The number of aryl methyl sites for hydroxylation is 6. The summed E-state index contributed by atoms with van der Waals surface area (Å²) in [5, 5.41) is 0. The minimum absolute atomic E-state index is 0.306. The van der Waals surface area contributed by atoms with E-state index in [1.165, 1.54) is 33.4 Å². The Morgan fingerprint density at radius 3 is 1.05 bits per heavy atom. The molecule has 2 fully saturated rings. The van der Waals surface area contributed by atoms with Gasteiger partial charge in [0, 0.05) is 0 Å². The Kier molecular flexibility index (Phi) is 7.82. The van der Waals surface area contributed by atoms with Crippen molar-refractivity contribution >= 4 is 25.2 Å². The minimum Gasteiger partial charge on any atom is -0.399 e. The SMILES string of the molecule is Cc1cc(B2OC(C)(C)C(C)(C)O2)c(C)cc1CCCCc1cc(C)c(B2OC(C)(C)C(C)(C)O2)cc1C. The van der Waals surface area contributed by atoms with Crippen molar-refractivity contribution < 1.29 is 18.6 Å². The molecule has 4 nitrogen and oxygen atoms in total. The molecule has 0 spiro atoms. The summed E-state index contributed by atoms with van der Waals surface area (Å²) in [5.41, 5.74) is 8.98. The third kappa shape index (κ3) is 5.52. The maximum Gasteiger partial charge on any atom is 0.495 e. The molecule has 0 aliphatic carbocycles. The van der Waals surface area contributed by atoms with Crippen molar-refractivity contribution in [2.45, 2.75) is 131 Å². The lowest BCUT2D eigenvalue weighted by Gasteiger charge is -2.32. The maximum absolute atomic E-state index is 6.32. The van der Waals surface area contributed by atoms with Crippen LogP contribution in [-0.4, -0.2) is 36.6 Å². The molecule has 38 heavy (non-hydrogen) atoms. The van der Waals surface area contributed by atoms with Crippen LogP contribution < -0.4 is 10.9 Å². The van der Waals surface area contributed by atoms with E-state index in [1.807, 2.05) is 0 Å². The number of hydrogen-bond acceptors (Lipinski definition) is 4. The molecule has 0 aromatic heterocycles. The molecule has 0 unspecified atom stereocenters. The first-order chi connectivity index (χ1) is 17.4. The molecule has 0 bridgehead atoms. The van der Waals surface area contributed by atoms with Crippen molar-refractivity contribution in [3.8, 4) is 0 Å². The Bertz CT molecular complexity index is 1070. The average molecular weight is 518 g/mol. The first-order valence-corrected chi connectivity index (χ1v) is 14.4. The van der Waals surface area contributed by atoms with Gasteiger partial charge in [-0.3, -0.25) is 0 Å². The molecular formula is C32H48B2O4. The fourth-order valence-electron chi connectivity index (χ4n) is 5.41. The van der Waals surface area contributed by atoms with Gasteiger partial charge in [-0.2, -0.15) is 0 Å². The van der Waals surface area contributed by atoms with Crippen LogP contribution in [-0.2, 0) is 31.5 Å². The Morgan fingerprint density at radius 2 is 0.763 bits per heavy atom. The highest BCUT2D eigenvalue weighted by atomic mass is 16.7. The zero-order valence-corrected chi connectivity index (χ0v) is 25.9. The Labute approximate surface area is 232 Å². The van der Waals surface area contributed by atoms with Gasteiger partial charge < -0.3 is 18.6 Å². The molecule has 2 heterocycles. The summed E-state index contributed by atoms with van der Waals surface area (Å²) >= 11 is 0. The van der Waals surface area contributed by atoms with Crippen molar-refractivity contribution in [2.24, 2.45) is 0 Å². The Hall–Kier alpha value is -1.59. The summed E-state index contributed by atoms with van der Waals surface area (Å²) in [6.45, 7) is 25.7. The van der Waals surface area contributed by atoms with E-state index in [1.54, 1.807) is 0 Å². The van der Waals surface area contributed by atoms with Crippen molar-refractivity contribution in [3.63, 3.8) is 0 Å². The van der Waals surface area contributed by atoms with Crippen LogP contribution in [0.1, 0.15) is 102 Å². The van der Waals surface area contributed by atoms with Crippen molar-refractivity contribution in [1.82, 2.24) is 0 Å². The summed E-state index contributed by atoms with van der Waals surface area (Å²) < 4.78 is 25.3. The largest absolute Gasteiger partial charge is 0.495 e. The van der Waals surface area contributed by atoms with Crippen LogP contribution in [0.25, 0.3) is 0 Å². The van der Waals surface area contributed by atoms with Gasteiger partial charge in [0.2, 0.25) is 0 Å². The highest BCUT2D eigenvalue weighted by Gasteiger charge is 2.53. The van der Waals surface area contributed by atoms with E-state index >= 15 is 0 Å². The topological polar surface area (TPSA) is 36.9 Å². The van der Waals surface area contributed by atoms with Crippen molar-refractivity contribution in [3.05, 3.63) is 57.6 Å². The average Bonchev–Trinajstić information content (AvgIpc) is 3.14. The number of rotatable bonds is 7. The lowest BCUT2D eigenvalue weighted by molar-refractivity contribution is 0.00578. The molecule has 0 radical (unpaired) electrons. The number of unbranched alkanes of at least 4 members (excludes halogenated alkanes) is 1. The van der Waals surface area contributed by atoms with E-state index in [4.69, 9.17) is 18.6 Å². The van der Waals surface area contributed by atoms with E-state index in [-0.39, 0.29) is 36.6 Å². The molecule has 4 rings (SSSR count). The highest BCUT2D eigenvalue weighted by Crippen LogP contribution is 2.38. The normalized spacial score (nSPS) is 21.4. The quantitative estimate of drug-likeness (QED) is 0.329. The second-order valence-electron chi connectivity index (χ2n) is 13.7. The van der Waals surface area contributed by atoms with Gasteiger partial charge in [0.25, 0.3) is 0 Å². The van der Waals surface area contributed by atoms with Crippen LogP contribution in [0.3, 0.4) is 0 Å². The lowest BCUT2D eigenvalue weighted by atomic mass is 9.74. The van der Waals surface area contributed by atoms with Crippen molar-refractivity contribution in [2.75, 3.05) is 0 Å². The minimum atomic E-state index is -0.324. The third-order valence-corrected chi connectivity index (χ3v) is 9.61. The number of benzene rings is 2. The summed E-state index contributed by atoms with van der Waals surface area (Å²) in [6.07, 6.45) is 4.49. The second-order valence-corrected chi connectivity index (χ2v) is 13.7. The monoisotopic (exact) mass is 518 g/mol. The lowest BCUT2D eigenvalue weighted by Crippen LogP contribution is -2.41. The van der Waals surface area contributed by atoms with Crippen LogP contribution >= 0.6 is 0 Å². The van der Waals surface area contributed by atoms with Gasteiger partial charge >= 0.3 is 14.2 Å². The van der Waals surface area contributed by atoms with Gasteiger partial charge in [0.15, 0.2) is 0 Å². The zero-order valence-electron chi connectivity index (χ0n) is 25.9. The smallest absolute Gasteiger partial charge is 0.399 e. The van der Waals surface area contributed by atoms with E-state index in [2.05, 4.69) is 107 Å². The molecule has 6 heteroatoms. The second kappa shape index (κ2) is 10.1. The van der Waals surface area contributed by atoms with Crippen molar-refractivity contribution in [1.29, 1.82) is 0 Å². The van der Waals surface area contributed by atoms with Crippen LogP contribution in [0.5, 0.6) is 0 Å². The van der Waals surface area contributed by atoms with Gasteiger partial charge in [0.1, 0.15) is 0 Å². The third-order valence-electron chi connectivity index (χ3n) is 9.61.